The van der Waals surface area contributed by atoms with Gasteiger partial charge >= 0.3 is 6.09 Å². The van der Waals surface area contributed by atoms with Gasteiger partial charge in [-0.3, -0.25) is 0 Å². The third-order valence-electron chi connectivity index (χ3n) is 3.24. The van der Waals surface area contributed by atoms with Gasteiger partial charge in [0.2, 0.25) is 0 Å². The van der Waals surface area contributed by atoms with Crippen molar-refractivity contribution in [2.75, 3.05) is 0 Å². The van der Waals surface area contributed by atoms with E-state index in [0.29, 0.717) is 5.92 Å². The van der Waals surface area contributed by atoms with Crippen LogP contribution in [0.4, 0.5) is 4.79 Å². The highest BCUT2D eigenvalue weighted by Crippen LogP contribution is 2.36. The van der Waals surface area contributed by atoms with E-state index in [-0.39, 0.29) is 18.2 Å². The molecule has 19 heavy (non-hydrogen) atoms. The smallest absolute Gasteiger partial charge is 0.407 e. The summed E-state index contributed by atoms with van der Waals surface area (Å²) < 4.78 is 6.19. The van der Waals surface area contributed by atoms with Crippen LogP contribution in [0.15, 0.2) is 9.98 Å². The second-order valence-corrected chi connectivity index (χ2v) is 7.59. The summed E-state index contributed by atoms with van der Waals surface area (Å²) in [6, 6.07) is 0.242. The van der Waals surface area contributed by atoms with E-state index in [1.807, 2.05) is 20.0 Å². The average Bonchev–Trinajstić information content (AvgIpc) is 2.75. The largest absolute Gasteiger partial charge is 0.447 e. The molecule has 0 atom stereocenters. The summed E-state index contributed by atoms with van der Waals surface area (Å²) in [4.78, 5) is 16.0. The number of thiazole rings is 1. The number of amides is 1. The molecule has 0 radical (unpaired) electrons. The Morgan fingerprint density at radius 2 is 2.16 bits per heavy atom. The monoisotopic (exact) mass is 346 g/mol. The van der Waals surface area contributed by atoms with Crippen LogP contribution in [0.25, 0.3) is 0 Å². The molecule has 1 aliphatic rings. The summed E-state index contributed by atoms with van der Waals surface area (Å²) in [6.07, 6.45) is 5.65. The molecule has 1 saturated carbocycles. The number of nitrogens with one attached hydrogen (secondary N) is 1. The van der Waals surface area contributed by atoms with Crippen molar-refractivity contribution in [2.45, 2.75) is 57.6 Å². The van der Waals surface area contributed by atoms with Crippen molar-refractivity contribution in [1.29, 1.82) is 0 Å². The molecule has 1 fully saturated rings. The van der Waals surface area contributed by atoms with Crippen molar-refractivity contribution in [3.63, 3.8) is 0 Å². The molecule has 4 nitrogen and oxygen atoms in total. The molecule has 0 aromatic carbocycles. The normalized spacial score (nSPS) is 23.4. The van der Waals surface area contributed by atoms with Crippen LogP contribution in [0.5, 0.6) is 0 Å². The maximum atomic E-state index is 11.5. The lowest BCUT2D eigenvalue weighted by Crippen LogP contribution is -2.38. The number of hydrogen-bond acceptors (Lipinski definition) is 4. The lowest BCUT2D eigenvalue weighted by atomic mass is 9.86. The van der Waals surface area contributed by atoms with Crippen molar-refractivity contribution < 1.29 is 9.53 Å². The molecule has 0 saturated heterocycles. The Morgan fingerprint density at radius 3 is 2.68 bits per heavy atom. The molecule has 1 amide bonds. The number of halogens is 1. The second-order valence-electron chi connectivity index (χ2n) is 5.15. The van der Waals surface area contributed by atoms with E-state index < -0.39 is 0 Å². The Morgan fingerprint density at radius 1 is 1.47 bits per heavy atom. The van der Waals surface area contributed by atoms with Gasteiger partial charge < -0.3 is 10.1 Å². The predicted octanol–water partition coefficient (Wildman–Crippen LogP) is 4.07. The summed E-state index contributed by atoms with van der Waals surface area (Å²) >= 11 is 5.16. The topological polar surface area (TPSA) is 51.2 Å². The first kappa shape index (κ1) is 14.8. The van der Waals surface area contributed by atoms with Gasteiger partial charge in [-0.1, -0.05) is 0 Å². The lowest BCUT2D eigenvalue weighted by Gasteiger charge is -2.27. The Bertz CT molecular complexity index is 428. The van der Waals surface area contributed by atoms with Crippen molar-refractivity contribution in [2.24, 2.45) is 0 Å². The standard InChI is InChI=1S/C13H19BrN2O2S/c1-8(2)18-13(17)16-10-5-3-9(4-6-10)12-15-7-11(14)19-12/h7-10H,3-6H2,1-2H3,(H,16,17)/t9-,10-. The highest BCUT2D eigenvalue weighted by Gasteiger charge is 2.25. The minimum absolute atomic E-state index is 0.0657. The van der Waals surface area contributed by atoms with Gasteiger partial charge in [0.05, 0.1) is 21.1 Å². The Balaban J connectivity index is 1.78. The minimum Gasteiger partial charge on any atom is -0.447 e. The molecule has 1 aromatic rings. The SMILES string of the molecule is CC(C)OC(=O)N[C@H]1CC[C@H](c2ncc(Br)s2)CC1. The van der Waals surface area contributed by atoms with E-state index in [1.54, 1.807) is 11.3 Å². The molecule has 1 heterocycles. The molecule has 0 bridgehead atoms. The molecule has 2 rings (SSSR count). The van der Waals surface area contributed by atoms with Gasteiger partial charge in [-0.05, 0) is 55.5 Å². The number of carbonyl (C=O) groups excluding carboxylic acids is 1. The maximum absolute atomic E-state index is 11.5. The van der Waals surface area contributed by atoms with E-state index >= 15 is 0 Å². The van der Waals surface area contributed by atoms with Crippen LogP contribution in [-0.4, -0.2) is 23.2 Å². The molecular formula is C13H19BrN2O2S. The van der Waals surface area contributed by atoms with E-state index in [0.717, 1.165) is 29.5 Å². The number of ether oxygens (including phenoxy) is 1. The molecule has 0 aliphatic heterocycles. The number of aromatic nitrogens is 1. The van der Waals surface area contributed by atoms with Crippen LogP contribution < -0.4 is 5.32 Å². The fourth-order valence-electron chi connectivity index (χ4n) is 2.36. The molecule has 0 spiro atoms. The summed E-state index contributed by atoms with van der Waals surface area (Å²) in [7, 11) is 0. The molecule has 1 N–H and O–H groups in total. The summed E-state index contributed by atoms with van der Waals surface area (Å²) in [6.45, 7) is 3.72. The van der Waals surface area contributed by atoms with Crippen molar-refractivity contribution in [1.82, 2.24) is 10.3 Å². The quantitative estimate of drug-likeness (QED) is 0.897. The van der Waals surface area contributed by atoms with E-state index in [2.05, 4.69) is 26.2 Å². The van der Waals surface area contributed by atoms with Crippen LogP contribution in [0, 0.1) is 0 Å². The van der Waals surface area contributed by atoms with Crippen LogP contribution in [0.3, 0.4) is 0 Å². The van der Waals surface area contributed by atoms with Gasteiger partial charge in [-0.15, -0.1) is 11.3 Å². The molecule has 1 aliphatic carbocycles. The number of rotatable bonds is 3. The van der Waals surface area contributed by atoms with Crippen LogP contribution >= 0.6 is 27.3 Å². The first-order valence-corrected chi connectivity index (χ1v) is 8.24. The van der Waals surface area contributed by atoms with Crippen molar-refractivity contribution in [3.05, 3.63) is 15.0 Å². The van der Waals surface area contributed by atoms with Crippen LogP contribution in [0.1, 0.15) is 50.5 Å². The molecule has 1 aromatic heterocycles. The third kappa shape index (κ3) is 4.45. The highest BCUT2D eigenvalue weighted by molar-refractivity contribution is 9.11. The van der Waals surface area contributed by atoms with Gasteiger partial charge in [0.1, 0.15) is 0 Å². The zero-order valence-corrected chi connectivity index (χ0v) is 13.6. The number of hydrogen-bond donors (Lipinski definition) is 1. The highest BCUT2D eigenvalue weighted by atomic mass is 79.9. The van der Waals surface area contributed by atoms with Gasteiger partial charge in [0.15, 0.2) is 0 Å². The number of nitrogens with zero attached hydrogens (tertiary/aromatic N) is 1. The predicted molar refractivity (Wildman–Crippen MR) is 79.6 cm³/mol. The van der Waals surface area contributed by atoms with E-state index in [4.69, 9.17) is 4.74 Å². The summed E-state index contributed by atoms with van der Waals surface area (Å²) in [5, 5.41) is 4.14. The zero-order chi connectivity index (χ0) is 13.8. The Hall–Kier alpha value is -0.620. The molecule has 106 valence electrons. The molecule has 0 unspecified atom stereocenters. The van der Waals surface area contributed by atoms with Gasteiger partial charge in [-0.2, -0.15) is 0 Å². The lowest BCUT2D eigenvalue weighted by molar-refractivity contribution is 0.109. The van der Waals surface area contributed by atoms with Crippen molar-refractivity contribution in [3.8, 4) is 0 Å². The second kappa shape index (κ2) is 6.70. The van der Waals surface area contributed by atoms with Gasteiger partial charge in [0, 0.05) is 12.0 Å². The number of carbonyl (C=O) groups is 1. The summed E-state index contributed by atoms with van der Waals surface area (Å²) in [5.41, 5.74) is 0. The van der Waals surface area contributed by atoms with Crippen LogP contribution in [0.2, 0.25) is 0 Å². The van der Waals surface area contributed by atoms with Gasteiger partial charge in [-0.25, -0.2) is 9.78 Å². The van der Waals surface area contributed by atoms with Gasteiger partial charge in [0.25, 0.3) is 0 Å². The van der Waals surface area contributed by atoms with E-state index in [9.17, 15) is 4.79 Å². The third-order valence-corrected chi connectivity index (χ3v) is 4.88. The maximum Gasteiger partial charge on any atom is 0.407 e. The Kier molecular flexibility index (Phi) is 5.21. The fraction of sp³-hybridized carbons (Fsp3) is 0.692. The average molecular weight is 347 g/mol. The summed E-state index contributed by atoms with van der Waals surface area (Å²) in [5.74, 6) is 0.537. The van der Waals surface area contributed by atoms with Crippen LogP contribution in [-0.2, 0) is 4.74 Å². The van der Waals surface area contributed by atoms with E-state index in [1.165, 1.54) is 5.01 Å². The first-order chi connectivity index (χ1) is 9.04. The zero-order valence-electron chi connectivity index (χ0n) is 11.2. The number of alkyl carbamates (subject to hydrolysis) is 1. The fourth-order valence-corrected chi connectivity index (χ4v) is 3.77. The molecular weight excluding hydrogens is 328 g/mol. The Labute approximate surface area is 126 Å². The molecule has 6 heteroatoms. The first-order valence-electron chi connectivity index (χ1n) is 6.63. The minimum atomic E-state index is -0.296. The van der Waals surface area contributed by atoms with Crippen molar-refractivity contribution >= 4 is 33.4 Å².